The van der Waals surface area contributed by atoms with Crippen LogP contribution in [0.2, 0.25) is 0 Å². The van der Waals surface area contributed by atoms with Crippen LogP contribution in [-0.2, 0) is 19.9 Å². The highest BCUT2D eigenvalue weighted by Crippen LogP contribution is 2.11. The molecule has 0 atom stereocenters. The lowest BCUT2D eigenvalue weighted by Crippen LogP contribution is -2.06. The molecule has 0 aliphatic carbocycles. The number of aryl methyl sites for hydroxylation is 2. The Hall–Kier alpha value is -2.17. The Morgan fingerprint density at radius 3 is 2.61 bits per heavy atom. The van der Waals surface area contributed by atoms with Gasteiger partial charge in [-0.15, -0.1) is 0 Å². The molecule has 0 saturated heterocycles. The Labute approximate surface area is 104 Å². The number of imidazole rings is 1. The molecule has 0 unspecified atom stereocenters. The molecule has 2 aromatic rings. The summed E-state index contributed by atoms with van der Waals surface area (Å²) in [7, 11) is 1.76. The number of carboxylic acid groups (broad SMARTS) is 1. The third-order valence-electron chi connectivity index (χ3n) is 2.83. The topological polar surface area (TPSA) is 55.1 Å². The zero-order valence-corrected chi connectivity index (χ0v) is 9.93. The molecule has 0 spiro atoms. The maximum Gasteiger partial charge on any atom is 0.356 e. The summed E-state index contributed by atoms with van der Waals surface area (Å²) in [5.74, 6) is -1.30. The number of aromatic carboxylic acids is 1. The molecule has 0 bridgehead atoms. The zero-order chi connectivity index (χ0) is 13.1. The largest absolute Gasteiger partial charge is 0.476 e. The smallest absolute Gasteiger partial charge is 0.356 e. The van der Waals surface area contributed by atoms with E-state index in [1.807, 2.05) is 0 Å². The summed E-state index contributed by atoms with van der Waals surface area (Å²) in [6, 6.07) is 6.20. The van der Waals surface area contributed by atoms with E-state index in [9.17, 15) is 9.18 Å². The average Bonchev–Trinajstić information content (AvgIpc) is 2.70. The van der Waals surface area contributed by atoms with Crippen LogP contribution in [0.15, 0.2) is 30.6 Å². The fraction of sp³-hybridized carbons (Fsp3) is 0.231. The molecule has 94 valence electrons. The standard InChI is InChI=1S/C13H13FN2O2/c1-16-8-15-12(13(17)18)11(16)7-4-9-2-5-10(14)6-3-9/h2-3,5-6,8H,4,7H2,1H3,(H,17,18). The van der Waals surface area contributed by atoms with Gasteiger partial charge >= 0.3 is 5.97 Å². The van der Waals surface area contributed by atoms with Crippen molar-refractivity contribution in [2.24, 2.45) is 7.05 Å². The molecule has 18 heavy (non-hydrogen) atoms. The first-order valence-corrected chi connectivity index (χ1v) is 5.56. The van der Waals surface area contributed by atoms with Gasteiger partial charge in [0.2, 0.25) is 0 Å². The van der Waals surface area contributed by atoms with Gasteiger partial charge in [0.05, 0.1) is 12.0 Å². The summed E-state index contributed by atoms with van der Waals surface area (Å²) < 4.78 is 14.4. The van der Waals surface area contributed by atoms with E-state index in [1.54, 1.807) is 23.7 Å². The predicted octanol–water partition coefficient (Wildman–Crippen LogP) is 2.04. The molecule has 1 aromatic carbocycles. The lowest BCUT2D eigenvalue weighted by molar-refractivity contribution is 0.0689. The van der Waals surface area contributed by atoms with Crippen LogP contribution < -0.4 is 0 Å². The second kappa shape index (κ2) is 5.00. The molecule has 2 rings (SSSR count). The Morgan fingerprint density at radius 2 is 2.00 bits per heavy atom. The van der Waals surface area contributed by atoms with Gasteiger partial charge in [-0.2, -0.15) is 0 Å². The van der Waals surface area contributed by atoms with Gasteiger partial charge in [-0.25, -0.2) is 14.2 Å². The number of carbonyl (C=O) groups is 1. The van der Waals surface area contributed by atoms with E-state index in [0.717, 1.165) is 5.56 Å². The summed E-state index contributed by atoms with van der Waals surface area (Å²) in [4.78, 5) is 14.8. The summed E-state index contributed by atoms with van der Waals surface area (Å²) in [6.45, 7) is 0. The van der Waals surface area contributed by atoms with Crippen molar-refractivity contribution in [3.8, 4) is 0 Å². The number of hydrogen-bond donors (Lipinski definition) is 1. The highest BCUT2D eigenvalue weighted by Gasteiger charge is 2.15. The minimum atomic E-state index is -1.02. The summed E-state index contributed by atoms with van der Waals surface area (Å²) in [6.07, 6.45) is 2.70. The van der Waals surface area contributed by atoms with E-state index >= 15 is 0 Å². The van der Waals surface area contributed by atoms with E-state index < -0.39 is 5.97 Å². The van der Waals surface area contributed by atoms with Gasteiger partial charge in [0, 0.05) is 7.05 Å². The zero-order valence-electron chi connectivity index (χ0n) is 9.93. The molecule has 0 radical (unpaired) electrons. The molecule has 0 fully saturated rings. The van der Waals surface area contributed by atoms with Crippen molar-refractivity contribution >= 4 is 5.97 Å². The minimum absolute atomic E-state index is 0.0830. The number of carboxylic acids is 1. The second-order valence-corrected chi connectivity index (χ2v) is 4.08. The first kappa shape index (κ1) is 12.3. The predicted molar refractivity (Wildman–Crippen MR) is 64.0 cm³/mol. The van der Waals surface area contributed by atoms with Gasteiger partial charge in [-0.3, -0.25) is 0 Å². The normalized spacial score (nSPS) is 10.6. The summed E-state index contributed by atoms with van der Waals surface area (Å²) in [5, 5.41) is 8.99. The molecule has 0 saturated carbocycles. The van der Waals surface area contributed by atoms with E-state index in [1.165, 1.54) is 18.5 Å². The molecular formula is C13H13FN2O2. The lowest BCUT2D eigenvalue weighted by atomic mass is 10.1. The number of halogens is 1. The second-order valence-electron chi connectivity index (χ2n) is 4.08. The maximum atomic E-state index is 12.7. The number of aromatic nitrogens is 2. The Balaban J connectivity index is 2.12. The number of nitrogens with zero attached hydrogens (tertiary/aromatic N) is 2. The quantitative estimate of drug-likeness (QED) is 0.900. The summed E-state index contributed by atoms with van der Waals surface area (Å²) in [5.41, 5.74) is 1.72. The maximum absolute atomic E-state index is 12.7. The Bertz CT molecular complexity index is 561. The fourth-order valence-electron chi connectivity index (χ4n) is 1.84. The van der Waals surface area contributed by atoms with E-state index in [2.05, 4.69) is 4.98 Å². The molecule has 0 aliphatic rings. The van der Waals surface area contributed by atoms with E-state index in [-0.39, 0.29) is 11.5 Å². The van der Waals surface area contributed by atoms with Gasteiger partial charge in [0.15, 0.2) is 5.69 Å². The highest BCUT2D eigenvalue weighted by atomic mass is 19.1. The van der Waals surface area contributed by atoms with Gasteiger partial charge in [-0.05, 0) is 30.5 Å². The van der Waals surface area contributed by atoms with Crippen molar-refractivity contribution in [1.82, 2.24) is 9.55 Å². The summed E-state index contributed by atoms with van der Waals surface area (Å²) >= 11 is 0. The molecule has 1 N–H and O–H groups in total. The SMILES string of the molecule is Cn1cnc(C(=O)O)c1CCc1ccc(F)cc1. The Kier molecular flexibility index (Phi) is 3.41. The molecule has 1 aromatic heterocycles. The monoisotopic (exact) mass is 248 g/mol. The first-order chi connectivity index (χ1) is 8.58. The third kappa shape index (κ3) is 2.56. The molecule has 0 aliphatic heterocycles. The van der Waals surface area contributed by atoms with E-state index in [0.29, 0.717) is 18.5 Å². The molecule has 1 heterocycles. The van der Waals surface area contributed by atoms with Gasteiger partial charge in [0.1, 0.15) is 5.82 Å². The third-order valence-corrected chi connectivity index (χ3v) is 2.83. The lowest BCUT2D eigenvalue weighted by Gasteiger charge is -2.04. The van der Waals surface area contributed by atoms with Crippen LogP contribution in [0.3, 0.4) is 0 Å². The van der Waals surface area contributed by atoms with Gasteiger partial charge in [-0.1, -0.05) is 12.1 Å². The number of hydrogen-bond acceptors (Lipinski definition) is 2. The van der Waals surface area contributed by atoms with E-state index in [4.69, 9.17) is 5.11 Å². The van der Waals surface area contributed by atoms with Crippen molar-refractivity contribution in [3.05, 3.63) is 53.4 Å². The van der Waals surface area contributed by atoms with Crippen LogP contribution in [-0.4, -0.2) is 20.6 Å². The average molecular weight is 248 g/mol. The van der Waals surface area contributed by atoms with Crippen molar-refractivity contribution in [3.63, 3.8) is 0 Å². The first-order valence-electron chi connectivity index (χ1n) is 5.56. The molecule has 5 heteroatoms. The van der Waals surface area contributed by atoms with Crippen LogP contribution in [0.5, 0.6) is 0 Å². The van der Waals surface area contributed by atoms with Crippen LogP contribution in [0.25, 0.3) is 0 Å². The fourth-order valence-corrected chi connectivity index (χ4v) is 1.84. The minimum Gasteiger partial charge on any atom is -0.476 e. The van der Waals surface area contributed by atoms with Crippen molar-refractivity contribution in [1.29, 1.82) is 0 Å². The number of rotatable bonds is 4. The van der Waals surface area contributed by atoms with Gasteiger partial charge in [0.25, 0.3) is 0 Å². The van der Waals surface area contributed by atoms with Crippen molar-refractivity contribution < 1.29 is 14.3 Å². The van der Waals surface area contributed by atoms with Gasteiger partial charge < -0.3 is 9.67 Å². The van der Waals surface area contributed by atoms with Crippen LogP contribution in [0.1, 0.15) is 21.7 Å². The van der Waals surface area contributed by atoms with Crippen molar-refractivity contribution in [2.75, 3.05) is 0 Å². The highest BCUT2D eigenvalue weighted by molar-refractivity contribution is 5.86. The molecular weight excluding hydrogens is 235 g/mol. The van der Waals surface area contributed by atoms with Crippen molar-refractivity contribution in [2.45, 2.75) is 12.8 Å². The molecule has 0 amide bonds. The van der Waals surface area contributed by atoms with Crippen LogP contribution in [0, 0.1) is 5.82 Å². The number of benzene rings is 1. The Morgan fingerprint density at radius 1 is 1.33 bits per heavy atom. The van der Waals surface area contributed by atoms with Crippen LogP contribution >= 0.6 is 0 Å². The molecule has 4 nitrogen and oxygen atoms in total. The van der Waals surface area contributed by atoms with Crippen LogP contribution in [0.4, 0.5) is 4.39 Å².